The first kappa shape index (κ1) is 18.8. The van der Waals surface area contributed by atoms with Gasteiger partial charge in [-0.1, -0.05) is 6.07 Å². The minimum Gasteiger partial charge on any atom is -0.355 e. The Balaban J connectivity index is 2.10. The van der Waals surface area contributed by atoms with Crippen molar-refractivity contribution in [2.45, 2.75) is 25.2 Å². The van der Waals surface area contributed by atoms with Gasteiger partial charge in [-0.25, -0.2) is 12.8 Å². The average molecular weight is 357 g/mol. The van der Waals surface area contributed by atoms with E-state index in [4.69, 9.17) is 0 Å². The zero-order valence-electron chi connectivity index (χ0n) is 14.1. The van der Waals surface area contributed by atoms with Crippen LogP contribution in [0, 0.1) is 12.7 Å². The summed E-state index contributed by atoms with van der Waals surface area (Å²) in [4.78, 5) is 13.3. The van der Waals surface area contributed by atoms with Crippen LogP contribution in [0.2, 0.25) is 0 Å². The standard InChI is InChI=1S/C16H24FN3O3S/c1-3-18-16(21)12-19-7-4-8-20(10-9-19)24(22,23)15-11-13(2)5-6-14(15)17/h5-6,11H,3-4,7-10,12H2,1-2H3,(H,18,21). The molecule has 1 saturated heterocycles. The fraction of sp³-hybridized carbons (Fsp3) is 0.562. The van der Waals surface area contributed by atoms with E-state index in [9.17, 15) is 17.6 Å². The zero-order valence-corrected chi connectivity index (χ0v) is 14.9. The van der Waals surface area contributed by atoms with Crippen molar-refractivity contribution in [3.63, 3.8) is 0 Å². The molecule has 1 aliphatic rings. The van der Waals surface area contributed by atoms with Gasteiger partial charge in [-0.05, 0) is 44.5 Å². The Morgan fingerprint density at radius 1 is 1.25 bits per heavy atom. The fourth-order valence-electron chi connectivity index (χ4n) is 2.75. The predicted octanol–water partition coefficient (Wildman–Crippen LogP) is 0.967. The third kappa shape index (κ3) is 4.52. The van der Waals surface area contributed by atoms with E-state index < -0.39 is 15.8 Å². The van der Waals surface area contributed by atoms with Gasteiger partial charge in [0.05, 0.1) is 6.54 Å². The number of aryl methyl sites for hydroxylation is 1. The third-order valence-corrected chi connectivity index (χ3v) is 5.91. The van der Waals surface area contributed by atoms with E-state index in [0.717, 1.165) is 0 Å². The lowest BCUT2D eigenvalue weighted by molar-refractivity contribution is -0.122. The molecule has 1 heterocycles. The second-order valence-corrected chi connectivity index (χ2v) is 7.83. The molecule has 1 aromatic rings. The van der Waals surface area contributed by atoms with Gasteiger partial charge in [0.15, 0.2) is 0 Å². The lowest BCUT2D eigenvalue weighted by Crippen LogP contribution is -2.40. The average Bonchev–Trinajstić information content (AvgIpc) is 2.76. The predicted molar refractivity (Wildman–Crippen MR) is 89.6 cm³/mol. The normalized spacial score (nSPS) is 17.5. The summed E-state index contributed by atoms with van der Waals surface area (Å²) in [5.41, 5.74) is 0.697. The quantitative estimate of drug-likeness (QED) is 0.852. The lowest BCUT2D eigenvalue weighted by Gasteiger charge is -2.21. The number of carbonyl (C=O) groups excluding carboxylic acids is 1. The molecule has 8 heteroatoms. The topological polar surface area (TPSA) is 69.7 Å². The SMILES string of the molecule is CCNC(=O)CN1CCCN(S(=O)(=O)c2cc(C)ccc2F)CC1. The number of halogens is 1. The Bertz CT molecular complexity index is 694. The molecule has 2 rings (SSSR count). The Morgan fingerprint density at radius 3 is 2.71 bits per heavy atom. The highest BCUT2D eigenvalue weighted by molar-refractivity contribution is 7.89. The lowest BCUT2D eigenvalue weighted by atomic mass is 10.2. The summed E-state index contributed by atoms with van der Waals surface area (Å²) in [6.45, 7) is 6.06. The highest BCUT2D eigenvalue weighted by Crippen LogP contribution is 2.21. The smallest absolute Gasteiger partial charge is 0.246 e. The molecule has 0 saturated carbocycles. The number of carbonyl (C=O) groups is 1. The van der Waals surface area contributed by atoms with E-state index in [1.165, 1.54) is 16.4 Å². The fourth-order valence-corrected chi connectivity index (χ4v) is 4.37. The molecule has 0 bridgehead atoms. The number of amides is 1. The molecule has 1 amide bonds. The van der Waals surface area contributed by atoms with Crippen LogP contribution < -0.4 is 5.32 Å². The minimum atomic E-state index is -3.87. The van der Waals surface area contributed by atoms with Crippen LogP contribution in [0.3, 0.4) is 0 Å². The van der Waals surface area contributed by atoms with Crippen LogP contribution in [0.4, 0.5) is 4.39 Å². The summed E-state index contributed by atoms with van der Waals surface area (Å²) in [6.07, 6.45) is 0.603. The van der Waals surface area contributed by atoms with Gasteiger partial charge in [0.2, 0.25) is 15.9 Å². The van der Waals surface area contributed by atoms with Gasteiger partial charge in [-0.15, -0.1) is 0 Å². The first-order valence-electron chi connectivity index (χ1n) is 8.10. The Morgan fingerprint density at radius 2 is 2.00 bits per heavy atom. The molecule has 0 aliphatic carbocycles. The van der Waals surface area contributed by atoms with Crippen molar-refractivity contribution in [1.29, 1.82) is 0 Å². The largest absolute Gasteiger partial charge is 0.355 e. The van der Waals surface area contributed by atoms with Gasteiger partial charge in [0.1, 0.15) is 10.7 Å². The number of rotatable bonds is 5. The molecule has 24 heavy (non-hydrogen) atoms. The van der Waals surface area contributed by atoms with Crippen LogP contribution in [-0.4, -0.2) is 62.8 Å². The minimum absolute atomic E-state index is 0.0708. The van der Waals surface area contributed by atoms with Crippen molar-refractivity contribution in [3.05, 3.63) is 29.6 Å². The number of benzene rings is 1. The molecule has 6 nitrogen and oxygen atoms in total. The summed E-state index contributed by atoms with van der Waals surface area (Å²) >= 11 is 0. The first-order chi connectivity index (χ1) is 11.3. The summed E-state index contributed by atoms with van der Waals surface area (Å²) in [6, 6.07) is 4.09. The Kier molecular flexibility index (Phi) is 6.31. The maximum Gasteiger partial charge on any atom is 0.246 e. The number of hydrogen-bond donors (Lipinski definition) is 1. The maximum absolute atomic E-state index is 14.0. The van der Waals surface area contributed by atoms with Crippen molar-refractivity contribution in [1.82, 2.24) is 14.5 Å². The third-order valence-electron chi connectivity index (χ3n) is 3.99. The van der Waals surface area contributed by atoms with Crippen molar-refractivity contribution >= 4 is 15.9 Å². The highest BCUT2D eigenvalue weighted by atomic mass is 32.2. The molecular weight excluding hydrogens is 333 g/mol. The second-order valence-electron chi connectivity index (χ2n) is 5.92. The van der Waals surface area contributed by atoms with Crippen LogP contribution >= 0.6 is 0 Å². The maximum atomic E-state index is 14.0. The Hall–Kier alpha value is -1.51. The van der Waals surface area contributed by atoms with Gasteiger partial charge < -0.3 is 5.32 Å². The molecule has 1 aliphatic heterocycles. The molecule has 1 N–H and O–H groups in total. The number of likely N-dealkylation sites (N-methyl/N-ethyl adjacent to an activating group) is 1. The number of nitrogens with one attached hydrogen (secondary N) is 1. The van der Waals surface area contributed by atoms with Crippen molar-refractivity contribution < 1.29 is 17.6 Å². The van der Waals surface area contributed by atoms with Gasteiger partial charge >= 0.3 is 0 Å². The zero-order chi connectivity index (χ0) is 17.7. The van der Waals surface area contributed by atoms with Crippen molar-refractivity contribution in [2.24, 2.45) is 0 Å². The number of sulfonamides is 1. The second kappa shape index (κ2) is 8.04. The van der Waals surface area contributed by atoms with Gasteiger partial charge in [0.25, 0.3) is 0 Å². The summed E-state index contributed by atoms with van der Waals surface area (Å²) < 4.78 is 40.8. The highest BCUT2D eigenvalue weighted by Gasteiger charge is 2.29. The molecule has 0 spiro atoms. The molecule has 0 aromatic heterocycles. The first-order valence-corrected chi connectivity index (χ1v) is 9.54. The van der Waals surface area contributed by atoms with Crippen LogP contribution in [0.25, 0.3) is 0 Å². The Labute approximate surface area is 142 Å². The van der Waals surface area contributed by atoms with Crippen LogP contribution in [-0.2, 0) is 14.8 Å². The van der Waals surface area contributed by atoms with E-state index in [1.54, 1.807) is 13.0 Å². The molecule has 0 atom stereocenters. The van der Waals surface area contributed by atoms with Crippen molar-refractivity contribution in [3.8, 4) is 0 Å². The molecule has 134 valence electrons. The summed E-state index contributed by atoms with van der Waals surface area (Å²) in [7, 11) is -3.87. The van der Waals surface area contributed by atoms with Crippen LogP contribution in [0.15, 0.2) is 23.1 Å². The van der Waals surface area contributed by atoms with Gasteiger partial charge in [0, 0.05) is 26.2 Å². The number of nitrogens with zero attached hydrogens (tertiary/aromatic N) is 2. The van der Waals surface area contributed by atoms with E-state index in [2.05, 4.69) is 5.32 Å². The molecular formula is C16H24FN3O3S. The van der Waals surface area contributed by atoms with E-state index >= 15 is 0 Å². The van der Waals surface area contributed by atoms with E-state index in [0.29, 0.717) is 38.2 Å². The van der Waals surface area contributed by atoms with Gasteiger partial charge in [-0.3, -0.25) is 9.69 Å². The molecule has 0 unspecified atom stereocenters. The van der Waals surface area contributed by atoms with Crippen LogP contribution in [0.5, 0.6) is 0 Å². The summed E-state index contributed by atoms with van der Waals surface area (Å²) in [5, 5.41) is 2.73. The van der Waals surface area contributed by atoms with Crippen molar-refractivity contribution in [2.75, 3.05) is 39.3 Å². The summed E-state index contributed by atoms with van der Waals surface area (Å²) in [5.74, 6) is -0.803. The van der Waals surface area contributed by atoms with Gasteiger partial charge in [-0.2, -0.15) is 4.31 Å². The molecule has 1 aromatic carbocycles. The van der Waals surface area contributed by atoms with E-state index in [1.807, 2.05) is 11.8 Å². The molecule has 1 fully saturated rings. The monoisotopic (exact) mass is 357 g/mol. The molecule has 0 radical (unpaired) electrons. The van der Waals surface area contributed by atoms with Crippen LogP contribution in [0.1, 0.15) is 18.9 Å². The van der Waals surface area contributed by atoms with E-state index in [-0.39, 0.29) is 23.9 Å². The number of hydrogen-bond acceptors (Lipinski definition) is 4.